The summed E-state index contributed by atoms with van der Waals surface area (Å²) in [5.41, 5.74) is 7.65. The van der Waals surface area contributed by atoms with E-state index < -0.39 is 96.1 Å². The van der Waals surface area contributed by atoms with Crippen LogP contribution in [-0.2, 0) is 47.6 Å². The van der Waals surface area contributed by atoms with E-state index in [1.54, 1.807) is 53.9 Å². The largest absolute Gasteiger partial charge is 0.456 e. The maximum Gasteiger partial charge on any atom is 0.426 e. The van der Waals surface area contributed by atoms with E-state index in [0.29, 0.717) is 56.2 Å². The zero-order chi connectivity index (χ0) is 49.6. The summed E-state index contributed by atoms with van der Waals surface area (Å²) in [6, 6.07) is 7.88. The van der Waals surface area contributed by atoms with Gasteiger partial charge in [-0.15, -0.1) is 0 Å². The van der Waals surface area contributed by atoms with E-state index in [2.05, 4.69) is 10.9 Å². The molecule has 1 aromatic rings. The Labute approximate surface area is 397 Å². The molecule has 67 heavy (non-hydrogen) atoms. The molecule has 1 aliphatic carbocycles. The van der Waals surface area contributed by atoms with Gasteiger partial charge in [0.05, 0.1) is 30.1 Å². The van der Waals surface area contributed by atoms with Gasteiger partial charge in [0.15, 0.2) is 0 Å². The first-order valence-electron chi connectivity index (χ1n) is 24.2. The number of hydrogen-bond acceptors (Lipinski definition) is 14. The molecule has 16 heteroatoms. The van der Waals surface area contributed by atoms with E-state index in [0.717, 1.165) is 10.5 Å². The number of anilines is 1. The Hall–Kier alpha value is -4.19. The Bertz CT molecular complexity index is 1860. The molecule has 2 amide bonds. The molecule has 1 aromatic carbocycles. The Morgan fingerprint density at radius 1 is 0.896 bits per heavy atom. The number of ketones is 2. The van der Waals surface area contributed by atoms with Gasteiger partial charge >= 0.3 is 12.1 Å². The van der Waals surface area contributed by atoms with Crippen molar-refractivity contribution in [1.29, 1.82) is 0 Å². The standard InChI is InChI=1S/C51H79N3O13/c1-12-22-54-38(14-3)49(59)66-45(32(6)26-35-20-21-41(42(28-35)62-9)65-50(60)53-52-37-18-16-15-17-19-37)34(8)39(55)29-40(56)36(13-2)24-30(4)23-31(5)25-43(63-10)46-44(64-11)27-33(7)51(61,67-46)47(57)48(54)58/h15-19,24,26,31,33-36,38-39,41-46,52,55,61H,12-14,20-23,25,27-29H2,1-11H3,(H,53,60)/b30-24+,32-26+. The van der Waals surface area contributed by atoms with Gasteiger partial charge < -0.3 is 43.5 Å². The summed E-state index contributed by atoms with van der Waals surface area (Å²) in [7, 11) is 4.60. The van der Waals surface area contributed by atoms with Gasteiger partial charge in [-0.1, -0.05) is 77.5 Å². The molecule has 3 aliphatic rings. The number of hydrogen-bond donors (Lipinski definition) is 4. The second-order valence-electron chi connectivity index (χ2n) is 19.1. The van der Waals surface area contributed by atoms with Gasteiger partial charge in [-0.05, 0) is 101 Å². The van der Waals surface area contributed by atoms with Crippen molar-refractivity contribution in [3.05, 3.63) is 53.6 Å². The van der Waals surface area contributed by atoms with E-state index in [1.165, 1.54) is 14.2 Å². The van der Waals surface area contributed by atoms with E-state index >= 15 is 0 Å². The lowest BCUT2D eigenvalue weighted by atomic mass is 9.81. The quantitative estimate of drug-likeness (QED) is 0.0730. The van der Waals surface area contributed by atoms with Crippen LogP contribution < -0.4 is 10.9 Å². The average Bonchev–Trinajstić information content (AvgIpc) is 3.31. The molecule has 2 bridgehead atoms. The topological polar surface area (TPSA) is 208 Å². The molecule has 2 aliphatic heterocycles. The van der Waals surface area contributed by atoms with E-state index in [1.807, 2.05) is 51.1 Å². The van der Waals surface area contributed by atoms with Crippen molar-refractivity contribution >= 4 is 35.2 Å². The molecule has 0 spiro atoms. The zero-order valence-corrected chi connectivity index (χ0v) is 41.7. The number of methoxy groups -OCH3 is 3. The molecule has 4 rings (SSSR count). The number of esters is 1. The Kier molecular flexibility index (Phi) is 21.5. The number of amides is 2. The van der Waals surface area contributed by atoms with Crippen LogP contribution in [0.1, 0.15) is 120 Å². The number of carbonyl (C=O) groups is 5. The number of fused-ring (bicyclic) bond motifs is 2. The monoisotopic (exact) mass is 942 g/mol. The second kappa shape index (κ2) is 26.0. The van der Waals surface area contributed by atoms with Crippen LogP contribution in [0.4, 0.5) is 10.5 Å². The van der Waals surface area contributed by atoms with Crippen LogP contribution in [0, 0.1) is 29.6 Å². The zero-order valence-electron chi connectivity index (χ0n) is 41.7. The third-order valence-corrected chi connectivity index (χ3v) is 13.9. The molecule has 376 valence electrons. The van der Waals surface area contributed by atoms with Crippen LogP contribution in [-0.4, -0.2) is 127 Å². The van der Waals surface area contributed by atoms with Crippen LogP contribution in [0.2, 0.25) is 0 Å². The van der Waals surface area contributed by atoms with Crippen LogP contribution in [0.25, 0.3) is 0 Å². The fourth-order valence-electron chi connectivity index (χ4n) is 10.1. The lowest BCUT2D eigenvalue weighted by Crippen LogP contribution is -2.64. The molecule has 14 unspecified atom stereocenters. The van der Waals surface area contributed by atoms with Gasteiger partial charge in [-0.3, -0.25) is 19.8 Å². The van der Waals surface area contributed by atoms with Crippen molar-refractivity contribution in [3.8, 4) is 0 Å². The Balaban J connectivity index is 1.70. The van der Waals surface area contributed by atoms with E-state index in [-0.39, 0.29) is 43.4 Å². The number of aliphatic hydroxyl groups is 2. The first-order chi connectivity index (χ1) is 31.8. The predicted octanol–water partition coefficient (Wildman–Crippen LogP) is 6.87. The van der Waals surface area contributed by atoms with Crippen molar-refractivity contribution in [3.63, 3.8) is 0 Å². The molecule has 16 nitrogen and oxygen atoms in total. The third kappa shape index (κ3) is 14.4. The van der Waals surface area contributed by atoms with Crippen molar-refractivity contribution in [2.75, 3.05) is 33.3 Å². The molecule has 4 N–H and O–H groups in total. The van der Waals surface area contributed by atoms with Gasteiger partial charge in [0.25, 0.3) is 11.7 Å². The number of hydrazine groups is 1. The number of benzene rings is 1. The minimum atomic E-state index is -2.55. The van der Waals surface area contributed by atoms with Crippen molar-refractivity contribution in [2.24, 2.45) is 29.6 Å². The van der Waals surface area contributed by atoms with Crippen LogP contribution >= 0.6 is 0 Å². The maximum atomic E-state index is 14.6. The molecule has 1 saturated heterocycles. The van der Waals surface area contributed by atoms with Crippen LogP contribution in [0.15, 0.2) is 53.6 Å². The summed E-state index contributed by atoms with van der Waals surface area (Å²) in [4.78, 5) is 71.4. The first kappa shape index (κ1) is 55.4. The number of allylic oxidation sites excluding steroid dienone is 3. The average molecular weight is 942 g/mol. The molecule has 0 radical (unpaired) electrons. The van der Waals surface area contributed by atoms with Gasteiger partial charge in [0.2, 0.25) is 5.79 Å². The summed E-state index contributed by atoms with van der Waals surface area (Å²) in [6.07, 6.45) is 1.39. The highest BCUT2D eigenvalue weighted by Crippen LogP contribution is 2.39. The van der Waals surface area contributed by atoms with Crippen molar-refractivity contribution in [1.82, 2.24) is 10.3 Å². The van der Waals surface area contributed by atoms with Gasteiger partial charge in [0, 0.05) is 52.0 Å². The smallest absolute Gasteiger partial charge is 0.426 e. The normalized spacial score (nSPS) is 35.4. The predicted molar refractivity (Wildman–Crippen MR) is 252 cm³/mol. The van der Waals surface area contributed by atoms with Gasteiger partial charge in [0.1, 0.15) is 30.1 Å². The summed E-state index contributed by atoms with van der Waals surface area (Å²) < 4.78 is 36.0. The van der Waals surface area contributed by atoms with Crippen molar-refractivity contribution < 1.29 is 62.6 Å². The number of nitrogens with one attached hydrogen (secondary N) is 2. The molecule has 14 atom stereocenters. The fraction of sp³-hybridized carbons (Fsp3) is 0.706. The molecule has 2 heterocycles. The highest BCUT2D eigenvalue weighted by Gasteiger charge is 2.56. The van der Waals surface area contributed by atoms with Gasteiger partial charge in [-0.2, -0.15) is 0 Å². The van der Waals surface area contributed by atoms with Crippen LogP contribution in [0.3, 0.4) is 0 Å². The molecule has 0 aromatic heterocycles. The minimum absolute atomic E-state index is 0.00641. The van der Waals surface area contributed by atoms with E-state index in [4.69, 9.17) is 28.4 Å². The second-order valence-corrected chi connectivity index (χ2v) is 19.1. The number of cyclic esters (lactones) is 1. The minimum Gasteiger partial charge on any atom is -0.456 e. The first-order valence-corrected chi connectivity index (χ1v) is 24.2. The van der Waals surface area contributed by atoms with E-state index in [9.17, 15) is 34.2 Å². The lowest BCUT2D eigenvalue weighted by Gasteiger charge is -2.46. The number of aliphatic hydroxyl groups excluding tert-OH is 1. The van der Waals surface area contributed by atoms with Crippen molar-refractivity contribution in [2.45, 2.75) is 174 Å². The summed E-state index contributed by atoms with van der Waals surface area (Å²) in [5.74, 6) is -8.04. The molecular weight excluding hydrogens is 863 g/mol. The SMILES string of the molecule is CCCN1C(=O)C(=O)C2(O)OC(C(OC)CC(C)C/C(C)=C/C(CC)C(=O)CC(O)C(C)C(/C(C)=C/C3CCC(OC(=O)NNc4ccccc4)C(OC)C3)OC(=O)C1CC)C(OC)CC2C. The highest BCUT2D eigenvalue weighted by atomic mass is 16.7. The maximum absolute atomic E-state index is 14.6. The lowest BCUT2D eigenvalue weighted by molar-refractivity contribution is -0.302. The molecule has 1 saturated carbocycles. The number of carbonyl (C=O) groups excluding carboxylic acids is 5. The molecular formula is C51H79N3O13. The molecule has 2 fully saturated rings. The number of para-hydroxylation sites is 1. The fourth-order valence-corrected chi connectivity index (χ4v) is 10.1. The number of rotatable bonds is 12. The summed E-state index contributed by atoms with van der Waals surface area (Å²) in [6.45, 7) is 14.6. The number of nitrogens with zero attached hydrogens (tertiary/aromatic N) is 1. The number of Topliss-reactive ketones (excluding diaryl/α,β-unsaturated/α-hetero) is 2. The van der Waals surface area contributed by atoms with Crippen LogP contribution in [0.5, 0.6) is 0 Å². The Morgan fingerprint density at radius 2 is 1.55 bits per heavy atom. The number of ether oxygens (including phenoxy) is 6. The summed E-state index contributed by atoms with van der Waals surface area (Å²) in [5, 5.41) is 24.0. The summed E-state index contributed by atoms with van der Waals surface area (Å²) >= 11 is 0. The third-order valence-electron chi connectivity index (χ3n) is 13.9. The van der Waals surface area contributed by atoms with Gasteiger partial charge in [-0.25, -0.2) is 15.0 Å². The highest BCUT2D eigenvalue weighted by molar-refractivity contribution is 6.39. The Morgan fingerprint density at radius 3 is 2.16 bits per heavy atom.